The second-order valence-corrected chi connectivity index (χ2v) is 6.18. The minimum absolute atomic E-state index is 0.412. The van der Waals surface area contributed by atoms with Crippen molar-refractivity contribution >= 4 is 18.0 Å². The third-order valence-corrected chi connectivity index (χ3v) is 4.05. The van der Waals surface area contributed by atoms with Crippen LogP contribution >= 0.6 is 0 Å². The van der Waals surface area contributed by atoms with Crippen LogP contribution < -0.4 is 15.5 Å². The molecule has 1 aliphatic heterocycles. The zero-order chi connectivity index (χ0) is 19.3. The Morgan fingerprint density at radius 2 is 1.96 bits per heavy atom. The fourth-order valence-electron chi connectivity index (χ4n) is 2.43. The van der Waals surface area contributed by atoms with Gasteiger partial charge in [-0.3, -0.25) is 14.5 Å². The molecule has 0 radical (unpaired) electrons. The Kier molecular flexibility index (Phi) is 9.29. The van der Waals surface area contributed by atoms with Gasteiger partial charge in [0.1, 0.15) is 5.75 Å². The molecule has 0 bridgehead atoms. The molecular weight excluding hydrogens is 348 g/mol. The summed E-state index contributed by atoms with van der Waals surface area (Å²) < 4.78 is 10.8. The zero-order valence-corrected chi connectivity index (χ0v) is 15.8. The minimum atomic E-state index is -0.784. The van der Waals surface area contributed by atoms with E-state index in [1.54, 1.807) is 0 Å². The number of hydrogen-bond acceptors (Lipinski definition) is 6. The molecule has 1 fully saturated rings. The van der Waals surface area contributed by atoms with E-state index in [0.717, 1.165) is 37.2 Å². The number of unbranched alkanes of at least 4 members (excludes halogenated alkanes) is 1. The fraction of sp³-hybridized carbons (Fsp3) is 0.526. The van der Waals surface area contributed by atoms with Crippen LogP contribution in [0.15, 0.2) is 29.4 Å². The van der Waals surface area contributed by atoms with Crippen LogP contribution in [-0.4, -0.2) is 68.9 Å². The SMILES string of the molecule is CCCCOc1ccc(/C=N\NC(=O)C(=O)NCCN2CCOCC2)cc1. The van der Waals surface area contributed by atoms with E-state index in [0.29, 0.717) is 32.9 Å². The summed E-state index contributed by atoms with van der Waals surface area (Å²) >= 11 is 0. The molecule has 2 rings (SSSR count). The quantitative estimate of drug-likeness (QED) is 0.287. The molecule has 8 nitrogen and oxygen atoms in total. The molecule has 1 aliphatic rings. The second-order valence-electron chi connectivity index (χ2n) is 6.18. The number of ether oxygens (including phenoxy) is 2. The van der Waals surface area contributed by atoms with E-state index in [1.165, 1.54) is 6.21 Å². The van der Waals surface area contributed by atoms with E-state index < -0.39 is 11.8 Å². The van der Waals surface area contributed by atoms with Crippen molar-refractivity contribution in [1.29, 1.82) is 0 Å². The van der Waals surface area contributed by atoms with Crippen molar-refractivity contribution in [3.63, 3.8) is 0 Å². The van der Waals surface area contributed by atoms with Crippen molar-refractivity contribution < 1.29 is 19.1 Å². The highest BCUT2D eigenvalue weighted by atomic mass is 16.5. The third-order valence-electron chi connectivity index (χ3n) is 4.05. The first-order chi connectivity index (χ1) is 13.2. The average Bonchev–Trinajstić information content (AvgIpc) is 2.70. The summed E-state index contributed by atoms with van der Waals surface area (Å²) in [7, 11) is 0. The topological polar surface area (TPSA) is 92.3 Å². The van der Waals surface area contributed by atoms with Gasteiger partial charge in [-0.05, 0) is 36.2 Å². The molecular formula is C19H28N4O4. The Bertz CT molecular complexity index is 613. The number of morpholine rings is 1. The molecule has 1 aromatic carbocycles. The molecule has 27 heavy (non-hydrogen) atoms. The van der Waals surface area contributed by atoms with Crippen LogP contribution in [-0.2, 0) is 14.3 Å². The molecule has 2 amide bonds. The molecule has 0 unspecified atom stereocenters. The summed E-state index contributed by atoms with van der Waals surface area (Å²) in [6, 6.07) is 7.35. The summed E-state index contributed by atoms with van der Waals surface area (Å²) in [5.74, 6) is -0.683. The Balaban J connectivity index is 1.65. The molecule has 1 saturated heterocycles. The van der Waals surface area contributed by atoms with Crippen LogP contribution in [0.3, 0.4) is 0 Å². The van der Waals surface area contributed by atoms with Crippen molar-refractivity contribution in [1.82, 2.24) is 15.6 Å². The van der Waals surface area contributed by atoms with Crippen molar-refractivity contribution in [2.24, 2.45) is 5.10 Å². The van der Waals surface area contributed by atoms with Crippen LogP contribution in [0.5, 0.6) is 5.75 Å². The molecule has 0 aliphatic carbocycles. The summed E-state index contributed by atoms with van der Waals surface area (Å²) in [6.07, 6.45) is 3.59. The summed E-state index contributed by atoms with van der Waals surface area (Å²) in [6.45, 7) is 7.00. The minimum Gasteiger partial charge on any atom is -0.494 e. The fourth-order valence-corrected chi connectivity index (χ4v) is 2.43. The van der Waals surface area contributed by atoms with Crippen molar-refractivity contribution in [2.75, 3.05) is 46.0 Å². The smallest absolute Gasteiger partial charge is 0.329 e. The number of carbonyl (C=O) groups is 2. The van der Waals surface area contributed by atoms with E-state index in [2.05, 4.69) is 27.7 Å². The van der Waals surface area contributed by atoms with E-state index >= 15 is 0 Å². The first-order valence-electron chi connectivity index (χ1n) is 9.33. The van der Waals surface area contributed by atoms with Crippen LogP contribution in [0, 0.1) is 0 Å². The number of carbonyl (C=O) groups excluding carboxylic acids is 2. The van der Waals surface area contributed by atoms with E-state index in [9.17, 15) is 9.59 Å². The van der Waals surface area contributed by atoms with Crippen LogP contribution in [0.25, 0.3) is 0 Å². The Labute approximate surface area is 159 Å². The van der Waals surface area contributed by atoms with Gasteiger partial charge in [0.25, 0.3) is 0 Å². The van der Waals surface area contributed by atoms with Crippen LogP contribution in [0.1, 0.15) is 25.3 Å². The number of hydrogen-bond donors (Lipinski definition) is 2. The molecule has 0 saturated carbocycles. The highest BCUT2D eigenvalue weighted by molar-refractivity contribution is 6.35. The first-order valence-corrected chi connectivity index (χ1v) is 9.33. The molecule has 2 N–H and O–H groups in total. The Hall–Kier alpha value is -2.45. The highest BCUT2D eigenvalue weighted by Crippen LogP contribution is 2.11. The lowest BCUT2D eigenvalue weighted by Crippen LogP contribution is -2.44. The predicted octanol–water partition coefficient (Wildman–Crippen LogP) is 0.764. The van der Waals surface area contributed by atoms with Gasteiger partial charge in [0.05, 0.1) is 26.0 Å². The lowest BCUT2D eigenvalue weighted by molar-refractivity contribution is -0.139. The lowest BCUT2D eigenvalue weighted by atomic mass is 10.2. The Morgan fingerprint density at radius 1 is 1.22 bits per heavy atom. The van der Waals surface area contributed by atoms with Gasteiger partial charge in [-0.1, -0.05) is 13.3 Å². The molecule has 1 heterocycles. The maximum Gasteiger partial charge on any atom is 0.329 e. The zero-order valence-electron chi connectivity index (χ0n) is 15.8. The maximum absolute atomic E-state index is 11.7. The largest absolute Gasteiger partial charge is 0.494 e. The van der Waals surface area contributed by atoms with Crippen molar-refractivity contribution in [2.45, 2.75) is 19.8 Å². The van der Waals surface area contributed by atoms with Gasteiger partial charge in [-0.25, -0.2) is 5.43 Å². The summed E-state index contributed by atoms with van der Waals surface area (Å²) in [4.78, 5) is 25.6. The monoisotopic (exact) mass is 376 g/mol. The standard InChI is InChI=1S/C19H28N4O4/c1-2-3-12-27-17-6-4-16(5-7-17)15-21-22-19(25)18(24)20-8-9-23-10-13-26-14-11-23/h4-7,15H,2-3,8-14H2,1H3,(H,20,24)(H,22,25)/b21-15-. The molecule has 1 aromatic rings. The number of hydrazone groups is 1. The Morgan fingerprint density at radius 3 is 2.67 bits per heavy atom. The van der Waals surface area contributed by atoms with Gasteiger partial charge in [-0.15, -0.1) is 0 Å². The number of nitrogens with one attached hydrogen (secondary N) is 2. The second kappa shape index (κ2) is 12.0. The number of benzene rings is 1. The van der Waals surface area contributed by atoms with Crippen molar-refractivity contribution in [3.05, 3.63) is 29.8 Å². The molecule has 0 spiro atoms. The molecule has 8 heteroatoms. The lowest BCUT2D eigenvalue weighted by Gasteiger charge is -2.26. The third kappa shape index (κ3) is 8.19. The maximum atomic E-state index is 11.7. The average molecular weight is 376 g/mol. The van der Waals surface area contributed by atoms with Gasteiger partial charge < -0.3 is 14.8 Å². The summed E-state index contributed by atoms with van der Waals surface area (Å²) in [5.41, 5.74) is 3.03. The number of nitrogens with zero attached hydrogens (tertiary/aromatic N) is 2. The van der Waals surface area contributed by atoms with Gasteiger partial charge in [0, 0.05) is 26.2 Å². The number of amides is 2. The van der Waals surface area contributed by atoms with Gasteiger partial charge >= 0.3 is 11.8 Å². The highest BCUT2D eigenvalue weighted by Gasteiger charge is 2.14. The number of rotatable bonds is 9. The normalized spacial score (nSPS) is 14.9. The van der Waals surface area contributed by atoms with E-state index in [4.69, 9.17) is 9.47 Å². The predicted molar refractivity (Wildman–Crippen MR) is 103 cm³/mol. The summed E-state index contributed by atoms with van der Waals surface area (Å²) in [5, 5.41) is 6.40. The van der Waals surface area contributed by atoms with Crippen LogP contribution in [0.4, 0.5) is 0 Å². The first kappa shape index (κ1) is 20.9. The molecule has 0 atom stereocenters. The molecule has 148 valence electrons. The van der Waals surface area contributed by atoms with Crippen molar-refractivity contribution in [3.8, 4) is 5.75 Å². The van der Waals surface area contributed by atoms with Crippen LogP contribution in [0.2, 0.25) is 0 Å². The molecule has 0 aromatic heterocycles. The van der Waals surface area contributed by atoms with Gasteiger partial charge in [-0.2, -0.15) is 5.10 Å². The van der Waals surface area contributed by atoms with Gasteiger partial charge in [0.15, 0.2) is 0 Å². The van der Waals surface area contributed by atoms with Gasteiger partial charge in [0.2, 0.25) is 0 Å². The van der Waals surface area contributed by atoms with E-state index in [-0.39, 0.29) is 0 Å². The van der Waals surface area contributed by atoms with E-state index in [1.807, 2.05) is 24.3 Å².